The molecule has 3 rings (SSSR count). The molecule has 1 N–H and O–H groups in total. The van der Waals surface area contributed by atoms with Gasteiger partial charge in [-0.25, -0.2) is 0 Å². The molecule has 2 aliphatic rings. The Morgan fingerprint density at radius 1 is 1.26 bits per heavy atom. The summed E-state index contributed by atoms with van der Waals surface area (Å²) in [6.07, 6.45) is 4.73. The molecule has 1 aromatic rings. The fourth-order valence-corrected chi connectivity index (χ4v) is 3.41. The summed E-state index contributed by atoms with van der Waals surface area (Å²) in [5, 5.41) is 3.35. The van der Waals surface area contributed by atoms with Crippen molar-refractivity contribution in [3.63, 3.8) is 0 Å². The Morgan fingerprint density at radius 2 is 2.00 bits per heavy atom. The van der Waals surface area contributed by atoms with Gasteiger partial charge in [-0.3, -0.25) is 9.69 Å². The van der Waals surface area contributed by atoms with Crippen molar-refractivity contribution in [2.24, 2.45) is 0 Å². The molecule has 0 spiro atoms. The smallest absolute Gasteiger partial charge is 0.237 e. The second-order valence-electron chi connectivity index (χ2n) is 7.10. The van der Waals surface area contributed by atoms with Crippen molar-refractivity contribution in [2.45, 2.75) is 51.2 Å². The fraction of sp³-hybridized carbons (Fsp3) is 0.632. The highest BCUT2D eigenvalue weighted by Gasteiger charge is 2.33. The second-order valence-corrected chi connectivity index (χ2v) is 7.10. The molecule has 0 aromatic heterocycles. The Balaban J connectivity index is 1.59. The summed E-state index contributed by atoms with van der Waals surface area (Å²) in [7, 11) is 2.02. The van der Waals surface area contributed by atoms with Crippen LogP contribution in [0.15, 0.2) is 24.3 Å². The van der Waals surface area contributed by atoms with Gasteiger partial charge in [0.2, 0.25) is 5.91 Å². The molecule has 1 aliphatic carbocycles. The predicted octanol–water partition coefficient (Wildman–Crippen LogP) is 2.17. The molecule has 1 saturated carbocycles. The average molecular weight is 315 g/mol. The minimum Gasteiger partial charge on any atom is -0.334 e. The topological polar surface area (TPSA) is 35.6 Å². The number of piperidine rings is 1. The van der Waals surface area contributed by atoms with Crippen molar-refractivity contribution in [1.82, 2.24) is 15.1 Å². The van der Waals surface area contributed by atoms with Crippen LogP contribution >= 0.6 is 0 Å². The zero-order valence-corrected chi connectivity index (χ0v) is 14.4. The molecule has 0 bridgehead atoms. The summed E-state index contributed by atoms with van der Waals surface area (Å²) < 4.78 is 0. The number of benzene rings is 1. The van der Waals surface area contributed by atoms with Gasteiger partial charge >= 0.3 is 0 Å². The van der Waals surface area contributed by atoms with Gasteiger partial charge < -0.3 is 10.2 Å². The van der Waals surface area contributed by atoms with E-state index in [0.29, 0.717) is 24.5 Å². The molecule has 1 atom stereocenters. The van der Waals surface area contributed by atoms with Crippen LogP contribution in [0.25, 0.3) is 0 Å². The van der Waals surface area contributed by atoms with Crippen LogP contribution in [0.2, 0.25) is 0 Å². The number of hydrogen-bond donors (Lipinski definition) is 1. The van der Waals surface area contributed by atoms with Crippen LogP contribution in [0, 0.1) is 6.92 Å². The summed E-state index contributed by atoms with van der Waals surface area (Å²) in [6, 6.07) is 9.56. The highest BCUT2D eigenvalue weighted by atomic mass is 16.2. The Morgan fingerprint density at radius 3 is 2.65 bits per heavy atom. The zero-order valence-electron chi connectivity index (χ0n) is 14.4. The van der Waals surface area contributed by atoms with Gasteiger partial charge in [0.15, 0.2) is 0 Å². The van der Waals surface area contributed by atoms with Crippen LogP contribution in [0.1, 0.15) is 36.8 Å². The number of nitrogens with zero attached hydrogens (tertiary/aromatic N) is 2. The first kappa shape index (κ1) is 16.5. The summed E-state index contributed by atoms with van der Waals surface area (Å²) in [5.41, 5.74) is 2.51. The monoisotopic (exact) mass is 315 g/mol. The van der Waals surface area contributed by atoms with Crippen molar-refractivity contribution in [3.8, 4) is 0 Å². The van der Waals surface area contributed by atoms with E-state index in [1.165, 1.54) is 24.0 Å². The molecule has 4 heteroatoms. The second kappa shape index (κ2) is 7.45. The van der Waals surface area contributed by atoms with E-state index >= 15 is 0 Å². The predicted molar refractivity (Wildman–Crippen MR) is 93.3 cm³/mol. The van der Waals surface area contributed by atoms with Gasteiger partial charge in [-0.15, -0.1) is 0 Å². The molecule has 23 heavy (non-hydrogen) atoms. The lowest BCUT2D eigenvalue weighted by Gasteiger charge is -2.33. The molecule has 126 valence electrons. The van der Waals surface area contributed by atoms with E-state index in [-0.39, 0.29) is 0 Å². The Hall–Kier alpha value is -1.39. The lowest BCUT2D eigenvalue weighted by atomic mass is 10.1. The first-order valence-electron chi connectivity index (χ1n) is 8.90. The highest BCUT2D eigenvalue weighted by molar-refractivity contribution is 5.79. The first-order chi connectivity index (χ1) is 11.2. The largest absolute Gasteiger partial charge is 0.334 e. The Bertz CT molecular complexity index is 524. The van der Waals surface area contributed by atoms with Gasteiger partial charge in [0, 0.05) is 25.2 Å². The summed E-state index contributed by atoms with van der Waals surface area (Å²) >= 11 is 0. The van der Waals surface area contributed by atoms with Gasteiger partial charge in [0.25, 0.3) is 0 Å². The number of carbonyl (C=O) groups excluding carboxylic acids is 1. The third-order valence-corrected chi connectivity index (χ3v) is 5.05. The van der Waals surface area contributed by atoms with E-state index in [0.717, 1.165) is 32.5 Å². The van der Waals surface area contributed by atoms with Crippen LogP contribution < -0.4 is 5.32 Å². The maximum atomic E-state index is 12.8. The summed E-state index contributed by atoms with van der Waals surface area (Å²) in [5.74, 6) is 0.296. The normalized spacial score (nSPS) is 22.1. The van der Waals surface area contributed by atoms with Crippen LogP contribution in [0.4, 0.5) is 0 Å². The number of rotatable bonds is 6. The maximum Gasteiger partial charge on any atom is 0.237 e. The minimum absolute atomic E-state index is 0.296. The molecule has 1 unspecified atom stereocenters. The standard InChI is InChI=1S/C19H29N3O/c1-15-5-7-16(8-6-15)12-22(18-9-10-18)19(23)14-21-11-3-4-17(13-21)20-2/h5-8,17-18,20H,3-4,9-14H2,1-2H3. The molecule has 1 aliphatic heterocycles. The molecule has 4 nitrogen and oxygen atoms in total. The number of aryl methyl sites for hydroxylation is 1. The third kappa shape index (κ3) is 4.55. The Kier molecular flexibility index (Phi) is 5.34. The lowest BCUT2D eigenvalue weighted by molar-refractivity contribution is -0.134. The van der Waals surface area contributed by atoms with Crippen LogP contribution in [0.3, 0.4) is 0 Å². The maximum absolute atomic E-state index is 12.8. The van der Waals surface area contributed by atoms with Gasteiger partial charge in [0.1, 0.15) is 0 Å². The molecule has 1 saturated heterocycles. The van der Waals surface area contributed by atoms with Crippen LogP contribution in [-0.4, -0.2) is 54.5 Å². The van der Waals surface area contributed by atoms with Gasteiger partial charge in [-0.2, -0.15) is 0 Å². The van der Waals surface area contributed by atoms with Crippen molar-refractivity contribution in [1.29, 1.82) is 0 Å². The molecular formula is C19H29N3O. The molecule has 1 aromatic carbocycles. The van der Waals surface area contributed by atoms with E-state index < -0.39 is 0 Å². The van der Waals surface area contributed by atoms with E-state index in [1.54, 1.807) is 0 Å². The van der Waals surface area contributed by atoms with Crippen molar-refractivity contribution in [3.05, 3.63) is 35.4 Å². The summed E-state index contributed by atoms with van der Waals surface area (Å²) in [4.78, 5) is 17.2. The lowest BCUT2D eigenvalue weighted by Crippen LogP contribution is -2.49. The van der Waals surface area contributed by atoms with E-state index in [9.17, 15) is 4.79 Å². The molecular weight excluding hydrogens is 286 g/mol. The van der Waals surface area contributed by atoms with Gasteiger partial charge in [-0.1, -0.05) is 29.8 Å². The van der Waals surface area contributed by atoms with Crippen molar-refractivity contribution < 1.29 is 4.79 Å². The minimum atomic E-state index is 0.296. The number of nitrogens with one attached hydrogen (secondary N) is 1. The van der Waals surface area contributed by atoms with Gasteiger partial charge in [0.05, 0.1) is 6.54 Å². The van der Waals surface area contributed by atoms with E-state index in [4.69, 9.17) is 0 Å². The number of carbonyl (C=O) groups is 1. The number of likely N-dealkylation sites (N-methyl/N-ethyl adjacent to an activating group) is 1. The molecule has 1 amide bonds. The number of hydrogen-bond acceptors (Lipinski definition) is 3. The molecule has 0 radical (unpaired) electrons. The highest BCUT2D eigenvalue weighted by Crippen LogP contribution is 2.28. The SMILES string of the molecule is CNC1CCCN(CC(=O)N(Cc2ccc(C)cc2)C2CC2)C1. The number of amides is 1. The molecule has 2 fully saturated rings. The van der Waals surface area contributed by atoms with Crippen LogP contribution in [-0.2, 0) is 11.3 Å². The van der Waals surface area contributed by atoms with Gasteiger partial charge in [-0.05, 0) is 51.8 Å². The summed E-state index contributed by atoms with van der Waals surface area (Å²) in [6.45, 7) is 5.47. The average Bonchev–Trinajstić information content (AvgIpc) is 3.39. The number of likely N-dealkylation sites (tertiary alicyclic amines) is 1. The quantitative estimate of drug-likeness (QED) is 0.874. The van der Waals surface area contributed by atoms with Crippen molar-refractivity contribution >= 4 is 5.91 Å². The van der Waals surface area contributed by atoms with Crippen LogP contribution in [0.5, 0.6) is 0 Å². The zero-order chi connectivity index (χ0) is 16.2. The fourth-order valence-electron chi connectivity index (χ4n) is 3.41. The Labute approximate surface area is 139 Å². The first-order valence-corrected chi connectivity index (χ1v) is 8.90. The van der Waals surface area contributed by atoms with E-state index in [1.807, 2.05) is 7.05 Å². The third-order valence-electron chi connectivity index (χ3n) is 5.05. The van der Waals surface area contributed by atoms with Crippen molar-refractivity contribution in [2.75, 3.05) is 26.7 Å². The molecule has 1 heterocycles. The van der Waals surface area contributed by atoms with E-state index in [2.05, 4.69) is 46.3 Å².